The molecule has 2 atom stereocenters. The summed E-state index contributed by atoms with van der Waals surface area (Å²) in [6, 6.07) is 8.61. The SMILES string of the molecule is CC(C)CC(=O)NC(C(=O)N1CCCC(C(=O)N2CCOCC2)C1)c1ccccc1. The van der Waals surface area contributed by atoms with Gasteiger partial charge in [-0.3, -0.25) is 14.4 Å². The molecular weight excluding hydrogens is 382 g/mol. The minimum atomic E-state index is -0.727. The molecule has 2 unspecified atom stereocenters. The molecule has 2 aliphatic heterocycles. The largest absolute Gasteiger partial charge is 0.378 e. The Bertz CT molecular complexity index is 731. The maximum Gasteiger partial charge on any atom is 0.249 e. The number of morpholine rings is 1. The molecule has 2 fully saturated rings. The number of hydrogen-bond donors (Lipinski definition) is 1. The third-order valence-corrected chi connectivity index (χ3v) is 5.68. The van der Waals surface area contributed by atoms with E-state index in [0.29, 0.717) is 45.8 Å². The van der Waals surface area contributed by atoms with Crippen molar-refractivity contribution in [2.24, 2.45) is 11.8 Å². The molecule has 0 radical (unpaired) electrons. The monoisotopic (exact) mass is 415 g/mol. The molecule has 3 amide bonds. The molecule has 2 heterocycles. The lowest BCUT2D eigenvalue weighted by Crippen LogP contribution is -2.51. The van der Waals surface area contributed by atoms with Gasteiger partial charge in [-0.25, -0.2) is 0 Å². The fourth-order valence-corrected chi connectivity index (χ4v) is 4.13. The van der Waals surface area contributed by atoms with Crippen LogP contribution in [0.15, 0.2) is 30.3 Å². The summed E-state index contributed by atoms with van der Waals surface area (Å²) in [6.07, 6.45) is 1.94. The number of nitrogens with one attached hydrogen (secondary N) is 1. The van der Waals surface area contributed by atoms with Crippen molar-refractivity contribution in [3.05, 3.63) is 35.9 Å². The Labute approximate surface area is 178 Å². The van der Waals surface area contributed by atoms with Crippen LogP contribution in [0, 0.1) is 11.8 Å². The normalized spacial score (nSPS) is 20.7. The number of ether oxygens (including phenoxy) is 1. The lowest BCUT2D eigenvalue weighted by atomic mass is 9.94. The number of piperidine rings is 1. The lowest BCUT2D eigenvalue weighted by molar-refractivity contribution is -0.145. The molecule has 2 aliphatic rings. The minimum absolute atomic E-state index is 0.107. The van der Waals surface area contributed by atoms with E-state index in [4.69, 9.17) is 4.74 Å². The Morgan fingerprint density at radius 3 is 2.43 bits per heavy atom. The van der Waals surface area contributed by atoms with E-state index >= 15 is 0 Å². The van der Waals surface area contributed by atoms with E-state index in [1.165, 1.54) is 0 Å². The zero-order valence-electron chi connectivity index (χ0n) is 18.0. The Morgan fingerprint density at radius 1 is 1.07 bits per heavy atom. The van der Waals surface area contributed by atoms with Crippen molar-refractivity contribution in [2.75, 3.05) is 39.4 Å². The highest BCUT2D eigenvalue weighted by Crippen LogP contribution is 2.24. The molecule has 1 N–H and O–H groups in total. The van der Waals surface area contributed by atoms with Crippen LogP contribution in [0.5, 0.6) is 0 Å². The molecule has 1 aromatic rings. The summed E-state index contributed by atoms with van der Waals surface area (Å²) in [4.78, 5) is 42.4. The van der Waals surface area contributed by atoms with Gasteiger partial charge in [0.25, 0.3) is 0 Å². The van der Waals surface area contributed by atoms with E-state index in [-0.39, 0.29) is 29.6 Å². The first-order valence-electron chi connectivity index (χ1n) is 11.0. The van der Waals surface area contributed by atoms with E-state index in [1.807, 2.05) is 49.1 Å². The highest BCUT2D eigenvalue weighted by molar-refractivity contribution is 5.89. The van der Waals surface area contributed by atoms with Gasteiger partial charge in [-0.15, -0.1) is 0 Å². The highest BCUT2D eigenvalue weighted by atomic mass is 16.5. The van der Waals surface area contributed by atoms with Gasteiger partial charge in [0.05, 0.1) is 19.1 Å². The number of amides is 3. The van der Waals surface area contributed by atoms with Crippen LogP contribution in [0.4, 0.5) is 0 Å². The smallest absolute Gasteiger partial charge is 0.249 e. The van der Waals surface area contributed by atoms with Gasteiger partial charge < -0.3 is 19.9 Å². The predicted octanol–water partition coefficient (Wildman–Crippen LogP) is 1.99. The summed E-state index contributed by atoms with van der Waals surface area (Å²) in [7, 11) is 0. The van der Waals surface area contributed by atoms with Crippen molar-refractivity contribution in [2.45, 2.75) is 39.2 Å². The van der Waals surface area contributed by atoms with E-state index in [1.54, 1.807) is 4.90 Å². The second kappa shape index (κ2) is 10.6. The number of nitrogens with zero attached hydrogens (tertiary/aromatic N) is 2. The standard InChI is InChI=1S/C23H33N3O4/c1-17(2)15-20(27)24-21(18-7-4-3-5-8-18)23(29)26-10-6-9-19(16-26)22(28)25-11-13-30-14-12-25/h3-5,7-8,17,19,21H,6,9-16H2,1-2H3,(H,24,27). The molecule has 3 rings (SSSR count). The van der Waals surface area contributed by atoms with Crippen LogP contribution in [0.2, 0.25) is 0 Å². The first-order chi connectivity index (χ1) is 14.5. The van der Waals surface area contributed by atoms with Crippen LogP contribution in [-0.2, 0) is 19.1 Å². The van der Waals surface area contributed by atoms with Crippen molar-refractivity contribution < 1.29 is 19.1 Å². The Kier molecular flexibility index (Phi) is 7.85. The summed E-state index contributed by atoms with van der Waals surface area (Å²) >= 11 is 0. The summed E-state index contributed by atoms with van der Waals surface area (Å²) in [5.74, 6) is -0.149. The third-order valence-electron chi connectivity index (χ3n) is 5.68. The van der Waals surface area contributed by atoms with Gasteiger partial charge in [0, 0.05) is 32.6 Å². The van der Waals surface area contributed by atoms with E-state index in [2.05, 4.69) is 5.32 Å². The number of benzene rings is 1. The van der Waals surface area contributed by atoms with Gasteiger partial charge in [0.1, 0.15) is 6.04 Å². The number of rotatable bonds is 6. The number of hydrogen-bond acceptors (Lipinski definition) is 4. The predicted molar refractivity (Wildman–Crippen MR) is 113 cm³/mol. The Hall–Kier alpha value is -2.41. The zero-order valence-corrected chi connectivity index (χ0v) is 18.0. The first-order valence-corrected chi connectivity index (χ1v) is 11.0. The number of likely N-dealkylation sites (tertiary alicyclic amines) is 1. The fraction of sp³-hybridized carbons (Fsp3) is 0.609. The molecule has 0 aliphatic carbocycles. The van der Waals surface area contributed by atoms with Crippen molar-refractivity contribution in [3.8, 4) is 0 Å². The van der Waals surface area contributed by atoms with Crippen LogP contribution in [-0.4, -0.2) is 66.9 Å². The van der Waals surface area contributed by atoms with Crippen molar-refractivity contribution in [1.29, 1.82) is 0 Å². The minimum Gasteiger partial charge on any atom is -0.378 e. The van der Waals surface area contributed by atoms with Crippen LogP contribution in [0.3, 0.4) is 0 Å². The second-order valence-corrected chi connectivity index (χ2v) is 8.57. The van der Waals surface area contributed by atoms with Gasteiger partial charge in [-0.05, 0) is 24.3 Å². The van der Waals surface area contributed by atoms with Gasteiger partial charge in [-0.2, -0.15) is 0 Å². The summed E-state index contributed by atoms with van der Waals surface area (Å²) in [6.45, 7) is 7.32. The number of carbonyl (C=O) groups is 3. The molecule has 0 saturated carbocycles. The summed E-state index contributed by atoms with van der Waals surface area (Å²) in [5.41, 5.74) is 0.765. The summed E-state index contributed by atoms with van der Waals surface area (Å²) < 4.78 is 5.34. The molecule has 0 bridgehead atoms. The van der Waals surface area contributed by atoms with Gasteiger partial charge >= 0.3 is 0 Å². The topological polar surface area (TPSA) is 79.0 Å². The van der Waals surface area contributed by atoms with Gasteiger partial charge in [0.15, 0.2) is 0 Å². The van der Waals surface area contributed by atoms with Crippen LogP contribution >= 0.6 is 0 Å². The maximum atomic E-state index is 13.4. The van der Waals surface area contributed by atoms with Crippen LogP contribution < -0.4 is 5.32 Å². The molecule has 2 saturated heterocycles. The second-order valence-electron chi connectivity index (χ2n) is 8.57. The van der Waals surface area contributed by atoms with Crippen LogP contribution in [0.25, 0.3) is 0 Å². The first kappa shape index (κ1) is 22.3. The van der Waals surface area contributed by atoms with Crippen LogP contribution in [0.1, 0.15) is 44.7 Å². The average Bonchev–Trinajstić information content (AvgIpc) is 2.77. The molecule has 7 nitrogen and oxygen atoms in total. The Balaban J connectivity index is 1.71. The molecular formula is C23H33N3O4. The summed E-state index contributed by atoms with van der Waals surface area (Å²) in [5, 5.41) is 2.93. The number of carbonyl (C=O) groups excluding carboxylic acids is 3. The molecule has 7 heteroatoms. The average molecular weight is 416 g/mol. The molecule has 1 aromatic carbocycles. The van der Waals surface area contributed by atoms with E-state index in [0.717, 1.165) is 18.4 Å². The molecule has 164 valence electrons. The molecule has 0 spiro atoms. The quantitative estimate of drug-likeness (QED) is 0.771. The molecule has 30 heavy (non-hydrogen) atoms. The maximum absolute atomic E-state index is 13.4. The van der Waals surface area contributed by atoms with Crippen molar-refractivity contribution >= 4 is 17.7 Å². The lowest BCUT2D eigenvalue weighted by Gasteiger charge is -2.37. The van der Waals surface area contributed by atoms with Gasteiger partial charge in [-0.1, -0.05) is 44.2 Å². The molecule has 0 aromatic heterocycles. The van der Waals surface area contributed by atoms with Gasteiger partial charge in [0.2, 0.25) is 17.7 Å². The Morgan fingerprint density at radius 2 is 1.77 bits per heavy atom. The van der Waals surface area contributed by atoms with E-state index in [9.17, 15) is 14.4 Å². The fourth-order valence-electron chi connectivity index (χ4n) is 4.13. The zero-order chi connectivity index (χ0) is 21.5. The van der Waals surface area contributed by atoms with Crippen molar-refractivity contribution in [1.82, 2.24) is 15.1 Å². The highest BCUT2D eigenvalue weighted by Gasteiger charge is 2.35. The van der Waals surface area contributed by atoms with E-state index < -0.39 is 6.04 Å². The third kappa shape index (κ3) is 5.81. The van der Waals surface area contributed by atoms with Crippen molar-refractivity contribution in [3.63, 3.8) is 0 Å².